The molecule has 3 rings (SSSR count). The fraction of sp³-hybridized carbons (Fsp3) is 0.333. The molecule has 28 heavy (non-hydrogen) atoms. The van der Waals surface area contributed by atoms with Crippen LogP contribution in [0.15, 0.2) is 58.5 Å². The average Bonchev–Trinajstić information content (AvgIpc) is 2.97. The Bertz CT molecular complexity index is 889. The first-order valence-electron chi connectivity index (χ1n) is 8.97. The molecule has 0 saturated carbocycles. The summed E-state index contributed by atoms with van der Waals surface area (Å²) in [7, 11) is 0. The van der Waals surface area contributed by atoms with Gasteiger partial charge in [-0.1, -0.05) is 29.8 Å². The van der Waals surface area contributed by atoms with Crippen LogP contribution >= 0.6 is 0 Å². The number of benzene rings is 2. The van der Waals surface area contributed by atoms with Crippen LogP contribution in [0.3, 0.4) is 0 Å². The van der Waals surface area contributed by atoms with Crippen molar-refractivity contribution in [2.24, 2.45) is 9.98 Å². The predicted molar refractivity (Wildman–Crippen MR) is 107 cm³/mol. The van der Waals surface area contributed by atoms with E-state index in [1.165, 1.54) is 12.1 Å². The lowest BCUT2D eigenvalue weighted by Gasteiger charge is -2.25. The summed E-state index contributed by atoms with van der Waals surface area (Å²) in [5.41, 5.74) is 1.64. The van der Waals surface area contributed by atoms with E-state index in [1.54, 1.807) is 0 Å². The Labute approximate surface area is 162 Å². The van der Waals surface area contributed by atoms with E-state index < -0.39 is 17.9 Å². The highest BCUT2D eigenvalue weighted by Gasteiger charge is 2.31. The number of hydrogen-bond donors (Lipinski definition) is 2. The van der Waals surface area contributed by atoms with Gasteiger partial charge in [-0.05, 0) is 52.0 Å². The quantitative estimate of drug-likeness (QED) is 0.778. The molecule has 148 valence electrons. The van der Waals surface area contributed by atoms with E-state index >= 15 is 0 Å². The maximum absolute atomic E-state index is 12.8. The fourth-order valence-corrected chi connectivity index (χ4v) is 2.72. The Kier molecular flexibility index (Phi) is 5.19. The fourth-order valence-electron chi connectivity index (χ4n) is 2.72. The monoisotopic (exact) mass is 388 g/mol. The molecule has 4 nitrogen and oxygen atoms in total. The first kappa shape index (κ1) is 19.9. The third-order valence-electron chi connectivity index (χ3n) is 4.07. The number of nitrogens with zero attached hydrogens (tertiary/aromatic N) is 2. The van der Waals surface area contributed by atoms with Gasteiger partial charge >= 0.3 is 6.18 Å². The molecule has 0 spiro atoms. The minimum absolute atomic E-state index is 0.239. The smallest absolute Gasteiger partial charge is 0.365 e. The molecule has 0 aromatic heterocycles. The van der Waals surface area contributed by atoms with Gasteiger partial charge in [0.05, 0.1) is 5.56 Å². The zero-order chi connectivity index (χ0) is 20.5. The molecular formula is C21H23F3N4. The third-order valence-corrected chi connectivity index (χ3v) is 4.07. The maximum atomic E-state index is 12.8. The number of hydrogen-bond acceptors (Lipinski definition) is 4. The summed E-state index contributed by atoms with van der Waals surface area (Å²) in [5, 5.41) is 6.64. The van der Waals surface area contributed by atoms with E-state index in [0.29, 0.717) is 17.2 Å². The normalized spacial score (nSPS) is 17.2. The molecule has 0 bridgehead atoms. The Morgan fingerprint density at radius 2 is 1.50 bits per heavy atom. The molecule has 1 unspecified atom stereocenters. The Morgan fingerprint density at radius 3 is 2.04 bits per heavy atom. The minimum atomic E-state index is -4.37. The van der Waals surface area contributed by atoms with Crippen molar-refractivity contribution in [2.75, 3.05) is 5.32 Å². The highest BCUT2D eigenvalue weighted by Crippen LogP contribution is 2.29. The van der Waals surface area contributed by atoms with Crippen molar-refractivity contribution in [2.45, 2.75) is 45.6 Å². The molecule has 7 heteroatoms. The summed E-state index contributed by atoms with van der Waals surface area (Å²) in [6, 6.07) is 12.8. The van der Waals surface area contributed by atoms with Gasteiger partial charge in [-0.25, -0.2) is 9.98 Å². The van der Waals surface area contributed by atoms with Crippen molar-refractivity contribution in [3.63, 3.8) is 0 Å². The average molecular weight is 388 g/mol. The molecule has 1 atom stereocenters. The number of rotatable bonds is 3. The van der Waals surface area contributed by atoms with Crippen LogP contribution in [0.25, 0.3) is 0 Å². The highest BCUT2D eigenvalue weighted by atomic mass is 19.4. The van der Waals surface area contributed by atoms with Gasteiger partial charge in [0.1, 0.15) is 5.84 Å². The summed E-state index contributed by atoms with van der Waals surface area (Å²) >= 11 is 0. The number of alkyl halides is 3. The number of amidine groups is 2. The Morgan fingerprint density at radius 1 is 0.893 bits per heavy atom. The van der Waals surface area contributed by atoms with Gasteiger partial charge in [-0.3, -0.25) is 0 Å². The molecule has 0 radical (unpaired) electrons. The summed E-state index contributed by atoms with van der Waals surface area (Å²) in [6.45, 7) is 8.03. The number of nitrogens with one attached hydrogen (secondary N) is 2. The molecule has 1 aliphatic rings. The largest absolute Gasteiger partial charge is 0.416 e. The van der Waals surface area contributed by atoms with Crippen molar-refractivity contribution >= 4 is 17.4 Å². The standard InChI is InChI=1S/C21H23F3N4/c1-13-5-11-16(12-6-13)25-18-19(28-20(2,3)4)27-17(26-18)14-7-9-15(10-8-14)21(22,23)24/h5-12,18,25H,1-4H3,(H,26,27,28). The Hall–Kier alpha value is -2.83. The molecule has 2 aromatic rings. The van der Waals surface area contributed by atoms with Crippen LogP contribution in [0.2, 0.25) is 0 Å². The number of aliphatic imine (C=N–C) groups is 2. The zero-order valence-corrected chi connectivity index (χ0v) is 16.2. The van der Waals surface area contributed by atoms with E-state index in [2.05, 4.69) is 20.6 Å². The van der Waals surface area contributed by atoms with Crippen molar-refractivity contribution in [3.8, 4) is 0 Å². The topological polar surface area (TPSA) is 48.8 Å². The summed E-state index contributed by atoms with van der Waals surface area (Å²) in [6.07, 6.45) is -4.81. The van der Waals surface area contributed by atoms with Gasteiger partial charge in [-0.2, -0.15) is 13.2 Å². The molecule has 1 heterocycles. The van der Waals surface area contributed by atoms with Crippen molar-refractivity contribution in [3.05, 3.63) is 65.2 Å². The van der Waals surface area contributed by atoms with Gasteiger partial charge in [0, 0.05) is 16.8 Å². The van der Waals surface area contributed by atoms with E-state index in [4.69, 9.17) is 0 Å². The van der Waals surface area contributed by atoms with E-state index in [-0.39, 0.29) is 5.54 Å². The predicted octanol–water partition coefficient (Wildman–Crippen LogP) is 5.00. The molecule has 2 N–H and O–H groups in total. The van der Waals surface area contributed by atoms with Gasteiger partial charge in [0.2, 0.25) is 0 Å². The molecule has 0 saturated heterocycles. The number of anilines is 1. The third kappa shape index (κ3) is 4.91. The van der Waals surface area contributed by atoms with Crippen LogP contribution in [0, 0.1) is 6.92 Å². The lowest BCUT2D eigenvalue weighted by atomic mass is 10.1. The minimum Gasteiger partial charge on any atom is -0.365 e. The van der Waals surface area contributed by atoms with Gasteiger partial charge in [0.15, 0.2) is 12.0 Å². The summed E-state index contributed by atoms with van der Waals surface area (Å²) < 4.78 is 38.4. The van der Waals surface area contributed by atoms with Crippen LogP contribution in [-0.2, 0) is 6.18 Å². The van der Waals surface area contributed by atoms with Crippen LogP contribution < -0.4 is 10.6 Å². The second kappa shape index (κ2) is 7.30. The second-order valence-electron chi connectivity index (χ2n) is 7.81. The van der Waals surface area contributed by atoms with E-state index in [1.807, 2.05) is 52.0 Å². The van der Waals surface area contributed by atoms with Crippen molar-refractivity contribution in [1.29, 1.82) is 0 Å². The van der Waals surface area contributed by atoms with Crippen LogP contribution in [0.1, 0.15) is 37.5 Å². The molecule has 0 aliphatic carbocycles. The molecule has 2 aromatic carbocycles. The van der Waals surface area contributed by atoms with Crippen LogP contribution in [0.5, 0.6) is 0 Å². The molecule has 0 fully saturated rings. The van der Waals surface area contributed by atoms with Gasteiger partial charge in [-0.15, -0.1) is 0 Å². The summed E-state index contributed by atoms with van der Waals surface area (Å²) in [5.74, 6) is 1.02. The molecule has 0 amide bonds. The van der Waals surface area contributed by atoms with Gasteiger partial charge in [0.25, 0.3) is 0 Å². The summed E-state index contributed by atoms with van der Waals surface area (Å²) in [4.78, 5) is 9.13. The molecular weight excluding hydrogens is 365 g/mol. The lowest BCUT2D eigenvalue weighted by Crippen LogP contribution is -2.46. The van der Waals surface area contributed by atoms with Crippen molar-refractivity contribution < 1.29 is 13.2 Å². The second-order valence-corrected chi connectivity index (χ2v) is 7.81. The van der Waals surface area contributed by atoms with Crippen LogP contribution in [0.4, 0.5) is 18.9 Å². The zero-order valence-electron chi connectivity index (χ0n) is 16.2. The number of aryl methyl sites for hydroxylation is 1. The van der Waals surface area contributed by atoms with Gasteiger partial charge < -0.3 is 10.6 Å². The SMILES string of the molecule is Cc1ccc(NC2N=C(c3ccc(C(F)(F)F)cc3)N=C2NC(C)(C)C)cc1. The lowest BCUT2D eigenvalue weighted by molar-refractivity contribution is -0.137. The van der Waals surface area contributed by atoms with E-state index in [9.17, 15) is 13.2 Å². The van der Waals surface area contributed by atoms with Crippen LogP contribution in [-0.4, -0.2) is 23.4 Å². The number of halogens is 3. The van der Waals surface area contributed by atoms with E-state index in [0.717, 1.165) is 23.4 Å². The Balaban J connectivity index is 1.88. The maximum Gasteiger partial charge on any atom is 0.416 e. The first-order valence-corrected chi connectivity index (χ1v) is 8.97. The first-order chi connectivity index (χ1) is 13.0. The highest BCUT2D eigenvalue weighted by molar-refractivity contribution is 6.13. The van der Waals surface area contributed by atoms with Crippen molar-refractivity contribution in [1.82, 2.24) is 5.32 Å². The molecule has 1 aliphatic heterocycles.